The summed E-state index contributed by atoms with van der Waals surface area (Å²) in [6, 6.07) is 19.5. The van der Waals surface area contributed by atoms with Crippen LogP contribution in [0.1, 0.15) is 55.4 Å². The average Bonchev–Trinajstić information content (AvgIpc) is 4.06. The Morgan fingerprint density at radius 1 is 0.637 bits per heavy atom. The largest absolute Gasteiger partial charge is 0.508 e. The van der Waals surface area contributed by atoms with Crippen molar-refractivity contribution >= 4 is 90.7 Å². The molecule has 0 radical (unpaired) electrons. The number of carbonyl (C=O) groups excluding carboxylic acids is 8. The van der Waals surface area contributed by atoms with E-state index in [-0.39, 0.29) is 55.9 Å². The Kier molecular flexibility index (Phi) is 21.6. The lowest BCUT2D eigenvalue weighted by atomic mass is 10.00. The average molecular weight is 1130 g/mol. The summed E-state index contributed by atoms with van der Waals surface area (Å²) in [5.74, 6) is -7.07. The van der Waals surface area contributed by atoms with Crippen LogP contribution < -0.4 is 54.4 Å². The summed E-state index contributed by atoms with van der Waals surface area (Å²) >= 11 is 0. The summed E-state index contributed by atoms with van der Waals surface area (Å²) in [6.07, 6.45) is 4.31. The van der Waals surface area contributed by atoms with E-state index < -0.39 is 102 Å². The van der Waals surface area contributed by atoms with Crippen LogP contribution in [0.25, 0.3) is 21.8 Å². The van der Waals surface area contributed by atoms with Crippen molar-refractivity contribution in [3.63, 3.8) is 0 Å². The molecule has 1 aliphatic heterocycles. The third kappa shape index (κ3) is 16.6. The van der Waals surface area contributed by atoms with Crippen LogP contribution in [0.2, 0.25) is 0 Å². The fourth-order valence-electron chi connectivity index (χ4n) is 9.29. The van der Waals surface area contributed by atoms with E-state index in [1.165, 1.54) is 12.1 Å². The van der Waals surface area contributed by atoms with Crippen LogP contribution >= 0.6 is 21.6 Å². The summed E-state index contributed by atoms with van der Waals surface area (Å²) in [5.41, 5.74) is 22.4. The van der Waals surface area contributed by atoms with Crippen molar-refractivity contribution in [2.24, 2.45) is 23.1 Å². The van der Waals surface area contributed by atoms with Gasteiger partial charge in [0.05, 0.1) is 6.04 Å². The maximum absolute atomic E-state index is 14.9. The van der Waals surface area contributed by atoms with E-state index in [9.17, 15) is 43.5 Å². The molecule has 1 saturated heterocycles. The molecule has 7 rings (SSSR count). The number of nitrogens with one attached hydrogen (secondary N) is 9. The first-order chi connectivity index (χ1) is 38.5. The Labute approximate surface area is 471 Å². The third-order valence-electron chi connectivity index (χ3n) is 13.8. The fraction of sp³-hybridized carbons (Fsp3) is 0.368. The Morgan fingerprint density at radius 2 is 1.21 bits per heavy atom. The van der Waals surface area contributed by atoms with Gasteiger partial charge in [-0.05, 0) is 84.7 Å². The number of aromatic amines is 2. The van der Waals surface area contributed by atoms with E-state index in [1.807, 2.05) is 66.7 Å². The number of carbonyl (C=O) groups is 8. The maximum Gasteiger partial charge on any atom is 0.244 e. The molecule has 3 heterocycles. The van der Waals surface area contributed by atoms with Gasteiger partial charge in [0, 0.05) is 65.0 Å². The minimum absolute atomic E-state index is 0.00683. The van der Waals surface area contributed by atoms with E-state index in [2.05, 4.69) is 47.2 Å². The van der Waals surface area contributed by atoms with Gasteiger partial charge in [0.15, 0.2) is 0 Å². The number of amides is 8. The van der Waals surface area contributed by atoms with Crippen LogP contribution in [0, 0.1) is 5.92 Å². The maximum atomic E-state index is 14.9. The van der Waals surface area contributed by atoms with Crippen LogP contribution in [-0.4, -0.2) is 129 Å². The van der Waals surface area contributed by atoms with Gasteiger partial charge in [-0.3, -0.25) is 38.4 Å². The predicted molar refractivity (Wildman–Crippen MR) is 309 cm³/mol. The molecule has 424 valence electrons. The Bertz CT molecular complexity index is 3120. The molecule has 0 saturated carbocycles. The number of primary amides is 1. The monoisotopic (exact) mass is 1130 g/mol. The SMILES string of the molecule is CC(C)C1NC(=O)[C@H](CCCCN)NC(=O)C(Cc2c[nH]c3ccccc23)NC(=O)C(Cc2ccc(O)cc2)NC(=O)[C@@H](NC(=O)[C@H](N)Cc2ccccc2)CSSCC(C(=O)N[C@@H](Cc2c[nH]c3ccccc23)C(N)=O)NC1=O. The zero-order chi connectivity index (χ0) is 57.3. The number of fused-ring (bicyclic) bond motifs is 2. The van der Waals surface area contributed by atoms with Gasteiger partial charge in [0.25, 0.3) is 0 Å². The highest BCUT2D eigenvalue weighted by atomic mass is 33.1. The number of aromatic hydroxyl groups is 1. The number of rotatable bonds is 18. The molecule has 4 aromatic carbocycles. The standard InChI is InChI=1S/C57H70N12O9S2/c1-32(2)49-57(78)68-48(55(76)64-44(50(60)71)26-35-28-61-41-16-8-6-14-38(35)41)31-80-79-30-47(67-51(72)40(59)24-33-12-4-3-5-13-33)56(77)65-45(25-34-19-21-37(70)22-20-34)53(74)66-46(27-36-29-62-42-17-9-7-15-39(36)42)54(75)63-43(52(73)69-49)18-10-11-23-58/h3-9,12-17,19-22,28-29,32,40,43-49,61-62,70H,10-11,18,23-27,30-31,58-59H2,1-2H3,(H2,60,71)(H,63,75)(H,64,76)(H,65,77)(H,66,74)(H,67,72)(H,68,78)(H,69,73)/t40-,43+,44+,45?,46?,47+,48?,49?/m1/s1. The van der Waals surface area contributed by atoms with Crippen LogP contribution in [-0.2, 0) is 64.0 Å². The molecule has 0 spiro atoms. The van der Waals surface area contributed by atoms with Gasteiger partial charge < -0.3 is 69.5 Å². The first-order valence-electron chi connectivity index (χ1n) is 26.5. The molecule has 0 bridgehead atoms. The van der Waals surface area contributed by atoms with Crippen molar-refractivity contribution in [3.05, 3.63) is 138 Å². The van der Waals surface area contributed by atoms with Crippen molar-refractivity contribution in [2.75, 3.05) is 18.1 Å². The Balaban J connectivity index is 1.25. The number of aromatic nitrogens is 2. The minimum Gasteiger partial charge on any atom is -0.508 e. The second kappa shape index (κ2) is 28.9. The highest BCUT2D eigenvalue weighted by Gasteiger charge is 2.36. The number of nitrogens with two attached hydrogens (primary N) is 3. The highest BCUT2D eigenvalue weighted by Crippen LogP contribution is 2.25. The predicted octanol–water partition coefficient (Wildman–Crippen LogP) is 2.01. The summed E-state index contributed by atoms with van der Waals surface area (Å²) in [4.78, 5) is 121. The van der Waals surface area contributed by atoms with Gasteiger partial charge in [-0.15, -0.1) is 0 Å². The summed E-state index contributed by atoms with van der Waals surface area (Å²) in [6.45, 7) is 3.68. The zero-order valence-corrected chi connectivity index (χ0v) is 46.1. The molecule has 0 aliphatic carbocycles. The van der Waals surface area contributed by atoms with Gasteiger partial charge in [-0.2, -0.15) is 0 Å². The van der Waals surface area contributed by atoms with Crippen molar-refractivity contribution in [3.8, 4) is 5.75 Å². The lowest BCUT2D eigenvalue weighted by molar-refractivity contribution is -0.136. The van der Waals surface area contributed by atoms with Crippen molar-refractivity contribution in [2.45, 2.75) is 107 Å². The van der Waals surface area contributed by atoms with E-state index in [4.69, 9.17) is 17.2 Å². The smallest absolute Gasteiger partial charge is 0.244 e. The molecule has 6 aromatic rings. The number of unbranched alkanes of at least 4 members (excludes halogenated alkanes) is 1. The number of H-pyrrole nitrogens is 2. The molecule has 1 fully saturated rings. The topological polar surface area (TPSA) is 351 Å². The second-order valence-electron chi connectivity index (χ2n) is 20.1. The first kappa shape index (κ1) is 59.8. The quantitative estimate of drug-likeness (QED) is 0.0433. The normalized spacial score (nSPS) is 20.8. The number of para-hydroxylation sites is 2. The lowest BCUT2D eigenvalue weighted by Gasteiger charge is -2.29. The molecule has 21 nitrogen and oxygen atoms in total. The highest BCUT2D eigenvalue weighted by molar-refractivity contribution is 8.76. The van der Waals surface area contributed by atoms with Crippen LogP contribution in [0.3, 0.4) is 0 Å². The van der Waals surface area contributed by atoms with Gasteiger partial charge in [-0.25, -0.2) is 0 Å². The third-order valence-corrected chi connectivity index (χ3v) is 16.2. The molecule has 8 amide bonds. The molecule has 80 heavy (non-hydrogen) atoms. The van der Waals surface area contributed by atoms with Crippen LogP contribution in [0.15, 0.2) is 116 Å². The summed E-state index contributed by atoms with van der Waals surface area (Å²) < 4.78 is 0. The molecule has 1 aliphatic rings. The molecular formula is C57H70N12O9S2. The number of hydrogen-bond donors (Lipinski definition) is 13. The van der Waals surface area contributed by atoms with Crippen LogP contribution in [0.5, 0.6) is 5.75 Å². The van der Waals surface area contributed by atoms with Crippen molar-refractivity contribution in [1.82, 2.24) is 47.2 Å². The van der Waals surface area contributed by atoms with Crippen LogP contribution in [0.4, 0.5) is 0 Å². The Morgan fingerprint density at radius 3 is 1.86 bits per heavy atom. The Hall–Kier alpha value is -7.86. The molecule has 4 unspecified atom stereocenters. The van der Waals surface area contributed by atoms with Crippen molar-refractivity contribution < 1.29 is 43.5 Å². The fourth-order valence-corrected chi connectivity index (χ4v) is 11.6. The number of hydrogen-bond acceptors (Lipinski definition) is 13. The van der Waals surface area contributed by atoms with Gasteiger partial charge in [0.2, 0.25) is 47.3 Å². The number of benzene rings is 4. The van der Waals surface area contributed by atoms with E-state index in [0.717, 1.165) is 49.0 Å². The number of phenolic OH excluding ortho intramolecular Hbond substituents is 1. The molecular weight excluding hydrogens is 1060 g/mol. The lowest BCUT2D eigenvalue weighted by Crippen LogP contribution is -2.61. The summed E-state index contributed by atoms with van der Waals surface area (Å²) in [5, 5.41) is 31.3. The van der Waals surface area contributed by atoms with Gasteiger partial charge in [-0.1, -0.05) is 114 Å². The first-order valence-corrected chi connectivity index (χ1v) is 29.0. The molecule has 16 N–H and O–H groups in total. The van der Waals surface area contributed by atoms with Gasteiger partial charge >= 0.3 is 0 Å². The summed E-state index contributed by atoms with van der Waals surface area (Å²) in [7, 11) is 2.13. The minimum atomic E-state index is -1.40. The molecule has 23 heteroatoms. The molecule has 2 aromatic heterocycles. The van der Waals surface area contributed by atoms with E-state index in [1.54, 1.807) is 50.5 Å². The van der Waals surface area contributed by atoms with E-state index in [0.29, 0.717) is 29.5 Å². The number of phenols is 1. The molecule has 8 atom stereocenters. The van der Waals surface area contributed by atoms with Gasteiger partial charge in [0.1, 0.15) is 48.0 Å². The zero-order valence-electron chi connectivity index (χ0n) is 44.5. The second-order valence-corrected chi connectivity index (χ2v) is 22.7. The van der Waals surface area contributed by atoms with Crippen molar-refractivity contribution in [1.29, 1.82) is 0 Å². The van der Waals surface area contributed by atoms with E-state index >= 15 is 0 Å².